The topological polar surface area (TPSA) is 26.3 Å². The first-order chi connectivity index (χ1) is 7.11. The van der Waals surface area contributed by atoms with Crippen LogP contribution in [0, 0.1) is 5.92 Å². The smallest absolute Gasteiger partial charge is 0.333 e. The quantitative estimate of drug-likeness (QED) is 0.365. The summed E-state index contributed by atoms with van der Waals surface area (Å²) in [5.74, 6) is 0.482. The van der Waals surface area contributed by atoms with Crippen LogP contribution in [0.25, 0.3) is 0 Å². The van der Waals surface area contributed by atoms with E-state index < -0.39 is 0 Å². The number of allylic oxidation sites excluding steroid dienone is 1. The lowest BCUT2D eigenvalue weighted by Crippen LogP contribution is -2.07. The number of carbonyl (C=O) groups excluding carboxylic acids is 1. The molecule has 88 valence electrons. The van der Waals surface area contributed by atoms with E-state index in [1.807, 2.05) is 13.0 Å². The number of ether oxygens (including phenoxy) is 1. The molecule has 0 aliphatic rings. The van der Waals surface area contributed by atoms with E-state index in [9.17, 15) is 4.79 Å². The Morgan fingerprint density at radius 3 is 2.60 bits per heavy atom. The molecule has 1 atom stereocenters. The highest BCUT2D eigenvalue weighted by molar-refractivity contribution is 5.87. The Kier molecular flexibility index (Phi) is 8.06. The fraction of sp³-hybridized carbons (Fsp3) is 0.769. The predicted octanol–water partition coefficient (Wildman–Crippen LogP) is 3.71. The average molecular weight is 212 g/mol. The Labute approximate surface area is 93.7 Å². The maximum atomic E-state index is 11.4. The predicted molar refractivity (Wildman–Crippen MR) is 63.7 cm³/mol. The maximum Gasteiger partial charge on any atom is 0.333 e. The molecule has 1 unspecified atom stereocenters. The second-order valence-electron chi connectivity index (χ2n) is 4.13. The highest BCUT2D eigenvalue weighted by Gasteiger charge is 2.05. The van der Waals surface area contributed by atoms with Crippen molar-refractivity contribution in [1.82, 2.24) is 0 Å². The van der Waals surface area contributed by atoms with Crippen LogP contribution >= 0.6 is 0 Å². The molecular weight excluding hydrogens is 188 g/mol. The summed E-state index contributed by atoms with van der Waals surface area (Å²) in [4.78, 5) is 11.4. The number of unbranched alkanes of at least 4 members (excludes halogenated alkanes) is 1. The normalized spacial score (nSPS) is 13.7. The summed E-state index contributed by atoms with van der Waals surface area (Å²) < 4.78 is 5.10. The SMILES string of the molecule is CCCCOC(=O)C(C)=CCC(C)CC. The van der Waals surface area contributed by atoms with Crippen LogP contribution in [0.4, 0.5) is 0 Å². The molecule has 0 spiro atoms. The van der Waals surface area contributed by atoms with Gasteiger partial charge in [0.2, 0.25) is 0 Å². The molecule has 0 rings (SSSR count). The van der Waals surface area contributed by atoms with Gasteiger partial charge in [0.25, 0.3) is 0 Å². The van der Waals surface area contributed by atoms with Gasteiger partial charge in [-0.25, -0.2) is 4.79 Å². The van der Waals surface area contributed by atoms with Gasteiger partial charge in [0.05, 0.1) is 6.61 Å². The van der Waals surface area contributed by atoms with E-state index in [-0.39, 0.29) is 5.97 Å². The van der Waals surface area contributed by atoms with Crippen LogP contribution in [-0.2, 0) is 9.53 Å². The van der Waals surface area contributed by atoms with Gasteiger partial charge in [0.15, 0.2) is 0 Å². The lowest BCUT2D eigenvalue weighted by molar-refractivity contribution is -0.139. The third-order valence-corrected chi connectivity index (χ3v) is 2.58. The lowest BCUT2D eigenvalue weighted by atomic mass is 10.0. The summed E-state index contributed by atoms with van der Waals surface area (Å²) in [5, 5.41) is 0. The molecular formula is C13H24O2. The zero-order chi connectivity index (χ0) is 11.7. The summed E-state index contributed by atoms with van der Waals surface area (Å²) in [6.45, 7) is 8.81. The molecule has 0 amide bonds. The van der Waals surface area contributed by atoms with Crippen molar-refractivity contribution < 1.29 is 9.53 Å². The molecule has 15 heavy (non-hydrogen) atoms. The number of carbonyl (C=O) groups is 1. The summed E-state index contributed by atoms with van der Waals surface area (Å²) in [6.07, 6.45) is 6.11. The van der Waals surface area contributed by atoms with Crippen molar-refractivity contribution in [2.45, 2.75) is 53.4 Å². The molecule has 0 fully saturated rings. The minimum atomic E-state index is -0.160. The molecule has 0 aromatic rings. The van der Waals surface area contributed by atoms with Crippen molar-refractivity contribution in [3.05, 3.63) is 11.6 Å². The van der Waals surface area contributed by atoms with Gasteiger partial charge in [-0.05, 0) is 25.7 Å². The van der Waals surface area contributed by atoms with E-state index in [0.29, 0.717) is 12.5 Å². The second-order valence-corrected chi connectivity index (χ2v) is 4.13. The number of esters is 1. The van der Waals surface area contributed by atoms with Crippen molar-refractivity contribution in [2.24, 2.45) is 5.92 Å². The third-order valence-electron chi connectivity index (χ3n) is 2.58. The van der Waals surface area contributed by atoms with Crippen molar-refractivity contribution in [3.63, 3.8) is 0 Å². The molecule has 0 bridgehead atoms. The molecule has 0 aliphatic heterocycles. The molecule has 2 nitrogen and oxygen atoms in total. The molecule has 0 saturated heterocycles. The van der Waals surface area contributed by atoms with Gasteiger partial charge >= 0.3 is 5.97 Å². The Balaban J connectivity index is 3.86. The fourth-order valence-corrected chi connectivity index (χ4v) is 1.05. The van der Waals surface area contributed by atoms with Gasteiger partial charge in [-0.3, -0.25) is 0 Å². The summed E-state index contributed by atoms with van der Waals surface area (Å²) in [6, 6.07) is 0. The summed E-state index contributed by atoms with van der Waals surface area (Å²) >= 11 is 0. The second kappa shape index (κ2) is 8.51. The molecule has 0 aromatic carbocycles. The molecule has 2 heteroatoms. The van der Waals surface area contributed by atoms with Crippen LogP contribution < -0.4 is 0 Å². The van der Waals surface area contributed by atoms with Gasteiger partial charge in [0, 0.05) is 5.57 Å². The number of hydrogen-bond donors (Lipinski definition) is 0. The summed E-state index contributed by atoms with van der Waals surface area (Å²) in [7, 11) is 0. The first-order valence-corrected chi connectivity index (χ1v) is 5.95. The Morgan fingerprint density at radius 2 is 2.07 bits per heavy atom. The van der Waals surface area contributed by atoms with Gasteiger partial charge in [-0.1, -0.05) is 39.7 Å². The van der Waals surface area contributed by atoms with Gasteiger partial charge in [-0.15, -0.1) is 0 Å². The molecule has 0 saturated carbocycles. The van der Waals surface area contributed by atoms with E-state index in [2.05, 4.69) is 20.8 Å². The van der Waals surface area contributed by atoms with Crippen LogP contribution in [0.15, 0.2) is 11.6 Å². The zero-order valence-corrected chi connectivity index (χ0v) is 10.5. The first-order valence-electron chi connectivity index (χ1n) is 5.95. The highest BCUT2D eigenvalue weighted by atomic mass is 16.5. The van der Waals surface area contributed by atoms with Gasteiger partial charge < -0.3 is 4.74 Å². The summed E-state index contributed by atoms with van der Waals surface area (Å²) in [5.41, 5.74) is 0.742. The third kappa shape index (κ3) is 7.18. The molecule has 0 aliphatic carbocycles. The van der Waals surface area contributed by atoms with Gasteiger partial charge in [0.1, 0.15) is 0 Å². The van der Waals surface area contributed by atoms with Crippen LogP contribution in [0.2, 0.25) is 0 Å². The molecule has 0 radical (unpaired) electrons. The number of hydrogen-bond acceptors (Lipinski definition) is 2. The van der Waals surface area contributed by atoms with Crippen molar-refractivity contribution >= 4 is 5.97 Å². The standard InChI is InChI=1S/C13H24O2/c1-5-7-10-15-13(14)12(4)9-8-11(3)6-2/h9,11H,5-8,10H2,1-4H3. The van der Waals surface area contributed by atoms with Crippen molar-refractivity contribution in [1.29, 1.82) is 0 Å². The fourth-order valence-electron chi connectivity index (χ4n) is 1.05. The molecule has 0 heterocycles. The van der Waals surface area contributed by atoms with Crippen LogP contribution in [0.1, 0.15) is 53.4 Å². The molecule has 0 aromatic heterocycles. The monoisotopic (exact) mass is 212 g/mol. The van der Waals surface area contributed by atoms with Crippen molar-refractivity contribution in [3.8, 4) is 0 Å². The van der Waals surface area contributed by atoms with E-state index in [4.69, 9.17) is 4.74 Å². The van der Waals surface area contributed by atoms with E-state index >= 15 is 0 Å². The number of rotatable bonds is 7. The average Bonchev–Trinajstić information content (AvgIpc) is 2.25. The Bertz CT molecular complexity index is 207. The van der Waals surface area contributed by atoms with E-state index in [0.717, 1.165) is 31.3 Å². The lowest BCUT2D eigenvalue weighted by Gasteiger charge is -2.06. The molecule has 0 N–H and O–H groups in total. The van der Waals surface area contributed by atoms with E-state index in [1.165, 1.54) is 0 Å². The maximum absolute atomic E-state index is 11.4. The van der Waals surface area contributed by atoms with Gasteiger partial charge in [-0.2, -0.15) is 0 Å². The van der Waals surface area contributed by atoms with Crippen LogP contribution in [0.5, 0.6) is 0 Å². The Hall–Kier alpha value is -0.790. The Morgan fingerprint density at radius 1 is 1.40 bits per heavy atom. The van der Waals surface area contributed by atoms with Crippen LogP contribution in [-0.4, -0.2) is 12.6 Å². The van der Waals surface area contributed by atoms with E-state index in [1.54, 1.807) is 0 Å². The largest absolute Gasteiger partial charge is 0.462 e. The first kappa shape index (κ1) is 14.2. The van der Waals surface area contributed by atoms with Crippen molar-refractivity contribution in [2.75, 3.05) is 6.61 Å². The highest BCUT2D eigenvalue weighted by Crippen LogP contribution is 2.10. The minimum Gasteiger partial charge on any atom is -0.462 e. The minimum absolute atomic E-state index is 0.160. The zero-order valence-electron chi connectivity index (χ0n) is 10.5. The van der Waals surface area contributed by atoms with Crippen LogP contribution in [0.3, 0.4) is 0 Å².